The van der Waals surface area contributed by atoms with Gasteiger partial charge in [-0.2, -0.15) is 0 Å². The average Bonchev–Trinajstić information content (AvgIpc) is 2.46. The van der Waals surface area contributed by atoms with E-state index in [1.165, 1.54) is 5.39 Å². The number of carbonyl (C=O) groups is 1. The fraction of sp³-hybridized carbons (Fsp3) is 0.0625. The molecule has 0 amide bonds. The van der Waals surface area contributed by atoms with Crippen molar-refractivity contribution in [3.8, 4) is 0 Å². The molecule has 1 nitrogen and oxygen atoms in total. The normalized spacial score (nSPS) is 11.1. The maximum absolute atomic E-state index is 11.8. The first-order valence-corrected chi connectivity index (χ1v) is 7.82. The summed E-state index contributed by atoms with van der Waals surface area (Å²) in [7, 11) is 0. The predicted molar refractivity (Wildman–Crippen MR) is 87.3 cm³/mol. The van der Waals surface area contributed by atoms with Gasteiger partial charge in [-0.05, 0) is 33.7 Å². The molecule has 0 N–H and O–H groups in total. The van der Waals surface area contributed by atoms with Gasteiger partial charge in [-0.1, -0.05) is 68.3 Å². The van der Waals surface area contributed by atoms with E-state index >= 15 is 0 Å². The van der Waals surface area contributed by atoms with Crippen LogP contribution in [0, 0.1) is 0 Å². The molecule has 0 atom stereocenters. The number of ketones is 1. The van der Waals surface area contributed by atoms with E-state index in [1.807, 2.05) is 30.3 Å². The van der Waals surface area contributed by atoms with Crippen LogP contribution in [0.4, 0.5) is 0 Å². The predicted octanol–water partition coefficient (Wildman–Crippen LogP) is 5.33. The van der Waals surface area contributed by atoms with E-state index < -0.39 is 0 Å². The number of alkyl halides is 1. The zero-order chi connectivity index (χ0) is 13.4. The van der Waals surface area contributed by atoms with E-state index in [4.69, 9.17) is 0 Å². The number of hydrogen-bond donors (Lipinski definition) is 0. The Hall–Kier alpha value is -1.19. The zero-order valence-electron chi connectivity index (χ0n) is 9.99. The third kappa shape index (κ3) is 2.21. The number of Topliss-reactive ketones (excluding diaryl/α,β-unsaturated/α-hetero) is 1. The standard InChI is InChI=1S/C16H10Br2O/c17-9-16(19)11-6-5-10-8-15(18)13-4-2-1-3-12(13)14(10)7-11/h1-8H,9H2. The van der Waals surface area contributed by atoms with Crippen molar-refractivity contribution in [2.45, 2.75) is 0 Å². The highest BCUT2D eigenvalue weighted by atomic mass is 79.9. The molecular formula is C16H10Br2O. The molecule has 0 saturated carbocycles. The molecule has 3 heteroatoms. The molecule has 0 aliphatic heterocycles. The Labute approximate surface area is 127 Å². The first kappa shape index (κ1) is 12.8. The summed E-state index contributed by atoms with van der Waals surface area (Å²) in [5.74, 6) is 0.105. The van der Waals surface area contributed by atoms with Crippen molar-refractivity contribution < 1.29 is 4.79 Å². The minimum atomic E-state index is 0.105. The number of benzene rings is 3. The monoisotopic (exact) mass is 376 g/mol. The van der Waals surface area contributed by atoms with Gasteiger partial charge in [0.1, 0.15) is 0 Å². The topological polar surface area (TPSA) is 17.1 Å². The highest BCUT2D eigenvalue weighted by Gasteiger charge is 2.08. The van der Waals surface area contributed by atoms with Crippen LogP contribution in [0.3, 0.4) is 0 Å². The van der Waals surface area contributed by atoms with E-state index in [2.05, 4.69) is 50.1 Å². The zero-order valence-corrected chi connectivity index (χ0v) is 13.2. The molecule has 0 saturated heterocycles. The van der Waals surface area contributed by atoms with Crippen LogP contribution in [0.15, 0.2) is 53.0 Å². The van der Waals surface area contributed by atoms with Crippen LogP contribution in [-0.4, -0.2) is 11.1 Å². The van der Waals surface area contributed by atoms with Crippen molar-refractivity contribution in [3.05, 3.63) is 58.6 Å². The quantitative estimate of drug-likeness (QED) is 0.335. The van der Waals surface area contributed by atoms with Crippen LogP contribution >= 0.6 is 31.9 Å². The molecular weight excluding hydrogens is 368 g/mol. The Bertz CT molecular complexity index is 793. The van der Waals surface area contributed by atoms with Crippen molar-refractivity contribution in [2.75, 3.05) is 5.33 Å². The minimum absolute atomic E-state index is 0.105. The van der Waals surface area contributed by atoms with Gasteiger partial charge < -0.3 is 0 Å². The first-order valence-electron chi connectivity index (χ1n) is 5.91. The van der Waals surface area contributed by atoms with Crippen molar-refractivity contribution in [3.63, 3.8) is 0 Å². The molecule has 3 aromatic rings. The summed E-state index contributed by atoms with van der Waals surface area (Å²) in [4.78, 5) is 11.8. The SMILES string of the molecule is O=C(CBr)c1ccc2cc(Br)c3ccccc3c2c1. The Morgan fingerprint density at radius 3 is 2.42 bits per heavy atom. The highest BCUT2D eigenvalue weighted by molar-refractivity contribution is 9.10. The van der Waals surface area contributed by atoms with Crippen molar-refractivity contribution in [1.82, 2.24) is 0 Å². The molecule has 0 aromatic heterocycles. The number of hydrogen-bond acceptors (Lipinski definition) is 1. The highest BCUT2D eigenvalue weighted by Crippen LogP contribution is 2.32. The molecule has 19 heavy (non-hydrogen) atoms. The molecule has 0 fully saturated rings. The fourth-order valence-corrected chi connectivity index (χ4v) is 3.22. The van der Waals surface area contributed by atoms with Crippen LogP contribution in [0.5, 0.6) is 0 Å². The summed E-state index contributed by atoms with van der Waals surface area (Å²) in [6, 6.07) is 16.2. The smallest absolute Gasteiger partial charge is 0.173 e. The molecule has 3 rings (SSSR count). The van der Waals surface area contributed by atoms with Gasteiger partial charge in [-0.15, -0.1) is 0 Å². The second kappa shape index (κ2) is 5.06. The van der Waals surface area contributed by atoms with Gasteiger partial charge in [0.15, 0.2) is 5.78 Å². The molecule has 0 radical (unpaired) electrons. The lowest BCUT2D eigenvalue weighted by molar-refractivity contribution is 0.102. The number of carbonyl (C=O) groups excluding carboxylic acids is 1. The summed E-state index contributed by atoms with van der Waals surface area (Å²) in [6.07, 6.45) is 0. The average molecular weight is 378 g/mol. The molecule has 3 aromatic carbocycles. The molecule has 0 bridgehead atoms. The Morgan fingerprint density at radius 2 is 1.68 bits per heavy atom. The van der Waals surface area contributed by atoms with E-state index in [0.717, 1.165) is 26.2 Å². The molecule has 0 aliphatic carbocycles. The molecule has 94 valence electrons. The van der Waals surface area contributed by atoms with Crippen LogP contribution in [0.2, 0.25) is 0 Å². The lowest BCUT2D eigenvalue weighted by atomic mass is 9.99. The second-order valence-corrected chi connectivity index (χ2v) is 5.81. The molecule has 0 spiro atoms. The number of fused-ring (bicyclic) bond motifs is 3. The van der Waals surface area contributed by atoms with E-state index in [0.29, 0.717) is 5.33 Å². The summed E-state index contributed by atoms with van der Waals surface area (Å²) < 4.78 is 1.08. The van der Waals surface area contributed by atoms with Crippen molar-refractivity contribution in [1.29, 1.82) is 0 Å². The lowest BCUT2D eigenvalue weighted by Gasteiger charge is -2.08. The van der Waals surface area contributed by atoms with Gasteiger partial charge in [0, 0.05) is 10.0 Å². The van der Waals surface area contributed by atoms with Crippen LogP contribution in [0.1, 0.15) is 10.4 Å². The minimum Gasteiger partial charge on any atom is -0.293 e. The van der Waals surface area contributed by atoms with E-state index in [-0.39, 0.29) is 5.78 Å². The van der Waals surface area contributed by atoms with Gasteiger partial charge in [-0.25, -0.2) is 0 Å². The van der Waals surface area contributed by atoms with Gasteiger partial charge in [0.25, 0.3) is 0 Å². The number of halogens is 2. The summed E-state index contributed by atoms with van der Waals surface area (Å²) in [5, 5.41) is 4.93. The third-order valence-corrected chi connectivity index (χ3v) is 4.42. The van der Waals surface area contributed by atoms with Gasteiger partial charge in [-0.3, -0.25) is 4.79 Å². The lowest BCUT2D eigenvalue weighted by Crippen LogP contribution is -1.99. The first-order chi connectivity index (χ1) is 9.20. The van der Waals surface area contributed by atoms with Crippen LogP contribution < -0.4 is 0 Å². The van der Waals surface area contributed by atoms with Gasteiger partial charge in [0.2, 0.25) is 0 Å². The van der Waals surface area contributed by atoms with Crippen LogP contribution in [-0.2, 0) is 0 Å². The van der Waals surface area contributed by atoms with Gasteiger partial charge >= 0.3 is 0 Å². The fourth-order valence-electron chi connectivity index (χ4n) is 2.31. The molecule has 0 unspecified atom stereocenters. The third-order valence-electron chi connectivity index (χ3n) is 3.25. The summed E-state index contributed by atoms with van der Waals surface area (Å²) in [6.45, 7) is 0. The summed E-state index contributed by atoms with van der Waals surface area (Å²) in [5.41, 5.74) is 0.747. The number of rotatable bonds is 2. The van der Waals surface area contributed by atoms with E-state index in [9.17, 15) is 4.79 Å². The Morgan fingerprint density at radius 1 is 0.947 bits per heavy atom. The van der Waals surface area contributed by atoms with Crippen LogP contribution in [0.25, 0.3) is 21.5 Å². The Balaban J connectivity index is 2.41. The van der Waals surface area contributed by atoms with Gasteiger partial charge in [0.05, 0.1) is 5.33 Å². The maximum atomic E-state index is 11.8. The largest absolute Gasteiger partial charge is 0.293 e. The van der Waals surface area contributed by atoms with E-state index in [1.54, 1.807) is 0 Å². The summed E-state index contributed by atoms with van der Waals surface area (Å²) >= 11 is 6.82. The molecule has 0 heterocycles. The molecule has 0 aliphatic rings. The Kier molecular flexibility index (Phi) is 3.42. The van der Waals surface area contributed by atoms with Crippen molar-refractivity contribution >= 4 is 59.2 Å². The maximum Gasteiger partial charge on any atom is 0.173 e. The van der Waals surface area contributed by atoms with Crippen molar-refractivity contribution in [2.24, 2.45) is 0 Å². The second-order valence-electron chi connectivity index (χ2n) is 4.40.